The summed E-state index contributed by atoms with van der Waals surface area (Å²) in [6, 6.07) is 0. The van der Waals surface area contributed by atoms with E-state index in [2.05, 4.69) is 5.32 Å². The molecule has 1 N–H and O–H groups in total. The van der Waals surface area contributed by atoms with Gasteiger partial charge in [0.2, 0.25) is 5.91 Å². The number of hydrogen-bond donors (Lipinski definition) is 1. The minimum Gasteiger partial charge on any atom is -0.349 e. The molecule has 4 bridgehead atoms. The van der Waals surface area contributed by atoms with Gasteiger partial charge >= 0.3 is 0 Å². The quantitative estimate of drug-likeness (QED) is 0.783. The largest absolute Gasteiger partial charge is 0.349 e. The topological polar surface area (TPSA) is 29.1 Å². The first-order valence-corrected chi connectivity index (χ1v) is 8.05. The van der Waals surface area contributed by atoms with Gasteiger partial charge < -0.3 is 5.32 Å². The van der Waals surface area contributed by atoms with E-state index in [1.54, 1.807) is 0 Å². The van der Waals surface area contributed by atoms with Crippen molar-refractivity contribution < 1.29 is 4.79 Å². The maximum atomic E-state index is 12.7. The van der Waals surface area contributed by atoms with E-state index in [1.165, 1.54) is 19.3 Å². The van der Waals surface area contributed by atoms with E-state index in [0.717, 1.165) is 49.9 Å². The highest BCUT2D eigenvalue weighted by molar-refractivity contribution is 6.19. The number of halogens is 1. The number of carbonyl (C=O) groups excluding carboxylic acids is 1. The first kappa shape index (κ1) is 11.6. The van der Waals surface area contributed by atoms with Crippen molar-refractivity contribution in [1.29, 1.82) is 0 Å². The Labute approximate surface area is 114 Å². The van der Waals surface area contributed by atoms with Gasteiger partial charge in [-0.1, -0.05) is 0 Å². The average molecular weight is 268 g/mol. The van der Waals surface area contributed by atoms with Crippen LogP contribution in [0.15, 0.2) is 0 Å². The summed E-state index contributed by atoms with van der Waals surface area (Å²) in [5.41, 5.74) is -0.0294. The standard InChI is InChI=1S/C15H22ClNO/c16-9-15(1-2-15)17-13(18)14-6-10-3-11(7-14)5-12(4-10)8-14/h10-12H,1-9H2,(H,17,18). The lowest BCUT2D eigenvalue weighted by Gasteiger charge is -2.55. The van der Waals surface area contributed by atoms with E-state index in [4.69, 9.17) is 11.6 Å². The summed E-state index contributed by atoms with van der Waals surface area (Å²) in [4.78, 5) is 12.7. The highest BCUT2D eigenvalue weighted by atomic mass is 35.5. The Balaban J connectivity index is 1.54. The summed E-state index contributed by atoms with van der Waals surface area (Å²) in [6.07, 6.45) is 9.81. The van der Waals surface area contributed by atoms with Crippen molar-refractivity contribution in [2.24, 2.45) is 23.2 Å². The second-order valence-electron chi connectivity index (χ2n) is 7.57. The molecule has 0 radical (unpaired) electrons. The molecule has 5 aliphatic rings. The molecular weight excluding hydrogens is 246 g/mol. The SMILES string of the molecule is O=C(NC1(CCl)CC1)C12CC3CC(CC(C3)C1)C2. The molecule has 5 aliphatic carbocycles. The van der Waals surface area contributed by atoms with E-state index >= 15 is 0 Å². The maximum Gasteiger partial charge on any atom is 0.226 e. The lowest BCUT2D eigenvalue weighted by atomic mass is 9.49. The number of alkyl halides is 1. The zero-order valence-corrected chi connectivity index (χ0v) is 11.6. The molecule has 0 aromatic rings. The number of hydrogen-bond acceptors (Lipinski definition) is 1. The van der Waals surface area contributed by atoms with Crippen molar-refractivity contribution in [1.82, 2.24) is 5.32 Å². The summed E-state index contributed by atoms with van der Waals surface area (Å²) in [5.74, 6) is 3.46. The van der Waals surface area contributed by atoms with Crippen LogP contribution in [-0.2, 0) is 4.79 Å². The van der Waals surface area contributed by atoms with Crippen LogP contribution in [0.4, 0.5) is 0 Å². The zero-order chi connectivity index (χ0) is 12.4. The predicted molar refractivity (Wildman–Crippen MR) is 71.4 cm³/mol. The summed E-state index contributed by atoms with van der Waals surface area (Å²) in [5, 5.41) is 3.30. The Kier molecular flexibility index (Phi) is 2.35. The van der Waals surface area contributed by atoms with Gasteiger partial charge in [-0.3, -0.25) is 4.79 Å². The van der Waals surface area contributed by atoms with Crippen LogP contribution in [-0.4, -0.2) is 17.3 Å². The van der Waals surface area contributed by atoms with Gasteiger partial charge in [0.25, 0.3) is 0 Å². The molecule has 2 nitrogen and oxygen atoms in total. The van der Waals surface area contributed by atoms with Crippen LogP contribution in [0.1, 0.15) is 51.4 Å². The summed E-state index contributed by atoms with van der Waals surface area (Å²) < 4.78 is 0. The average Bonchev–Trinajstić information content (AvgIpc) is 3.07. The lowest BCUT2D eigenvalue weighted by Crippen LogP contribution is -2.56. The third-order valence-corrected chi connectivity index (χ3v) is 6.52. The molecule has 0 saturated heterocycles. The van der Waals surface area contributed by atoms with E-state index in [0.29, 0.717) is 11.8 Å². The molecule has 5 saturated carbocycles. The van der Waals surface area contributed by atoms with Crippen LogP contribution in [0.5, 0.6) is 0 Å². The van der Waals surface area contributed by atoms with Crippen LogP contribution >= 0.6 is 11.6 Å². The van der Waals surface area contributed by atoms with Gasteiger partial charge in [-0.2, -0.15) is 0 Å². The normalized spacial score (nSPS) is 47.1. The number of nitrogens with one attached hydrogen (secondary N) is 1. The van der Waals surface area contributed by atoms with Crippen molar-refractivity contribution in [3.8, 4) is 0 Å². The predicted octanol–water partition coefficient (Wildman–Crippen LogP) is 3.09. The Bertz CT molecular complexity index is 353. The van der Waals surface area contributed by atoms with E-state index < -0.39 is 0 Å². The molecule has 5 fully saturated rings. The minimum atomic E-state index is -0.0258. The minimum absolute atomic E-state index is 0.00357. The van der Waals surface area contributed by atoms with Crippen molar-refractivity contribution in [3.63, 3.8) is 0 Å². The van der Waals surface area contributed by atoms with Gasteiger partial charge in [0, 0.05) is 11.3 Å². The van der Waals surface area contributed by atoms with Gasteiger partial charge in [0.05, 0.1) is 5.54 Å². The van der Waals surface area contributed by atoms with Crippen LogP contribution in [0.3, 0.4) is 0 Å². The molecule has 1 amide bonds. The zero-order valence-electron chi connectivity index (χ0n) is 10.9. The van der Waals surface area contributed by atoms with Crippen LogP contribution in [0.2, 0.25) is 0 Å². The Morgan fingerprint density at radius 1 is 1.06 bits per heavy atom. The Hall–Kier alpha value is -0.240. The van der Waals surface area contributed by atoms with Gasteiger partial charge in [-0.15, -0.1) is 11.6 Å². The molecule has 100 valence electrons. The van der Waals surface area contributed by atoms with E-state index in [-0.39, 0.29) is 11.0 Å². The first-order chi connectivity index (χ1) is 8.63. The third-order valence-electron chi connectivity index (χ3n) is 6.01. The monoisotopic (exact) mass is 267 g/mol. The number of rotatable bonds is 3. The van der Waals surface area contributed by atoms with Gasteiger partial charge in [-0.25, -0.2) is 0 Å². The first-order valence-electron chi connectivity index (χ1n) is 7.52. The molecule has 0 spiro atoms. The highest BCUT2D eigenvalue weighted by Gasteiger charge is 2.56. The summed E-state index contributed by atoms with van der Waals surface area (Å²) in [7, 11) is 0. The summed E-state index contributed by atoms with van der Waals surface area (Å²) >= 11 is 5.99. The molecule has 0 unspecified atom stereocenters. The number of amides is 1. The third kappa shape index (κ3) is 1.64. The molecule has 0 atom stereocenters. The van der Waals surface area contributed by atoms with Gasteiger partial charge in [0.15, 0.2) is 0 Å². The number of carbonyl (C=O) groups is 1. The van der Waals surface area contributed by atoms with Crippen molar-refractivity contribution in [3.05, 3.63) is 0 Å². The Morgan fingerprint density at radius 2 is 1.56 bits per heavy atom. The Morgan fingerprint density at radius 3 is 1.94 bits per heavy atom. The second-order valence-corrected chi connectivity index (χ2v) is 7.83. The molecule has 0 aliphatic heterocycles. The second kappa shape index (κ2) is 3.65. The van der Waals surface area contributed by atoms with Crippen LogP contribution in [0, 0.1) is 23.2 Å². The smallest absolute Gasteiger partial charge is 0.226 e. The highest BCUT2D eigenvalue weighted by Crippen LogP contribution is 2.60. The van der Waals surface area contributed by atoms with Crippen molar-refractivity contribution in [2.75, 3.05) is 5.88 Å². The molecule has 0 aromatic carbocycles. The van der Waals surface area contributed by atoms with Crippen molar-refractivity contribution in [2.45, 2.75) is 56.9 Å². The maximum absolute atomic E-state index is 12.7. The molecular formula is C15H22ClNO. The van der Waals surface area contributed by atoms with E-state index in [9.17, 15) is 4.79 Å². The fourth-order valence-corrected chi connectivity index (χ4v) is 5.54. The van der Waals surface area contributed by atoms with Crippen LogP contribution in [0.25, 0.3) is 0 Å². The van der Waals surface area contributed by atoms with Crippen molar-refractivity contribution >= 4 is 17.5 Å². The fourth-order valence-electron chi connectivity index (χ4n) is 5.21. The van der Waals surface area contributed by atoms with Crippen LogP contribution < -0.4 is 5.32 Å². The lowest BCUT2D eigenvalue weighted by molar-refractivity contribution is -0.147. The summed E-state index contributed by atoms with van der Waals surface area (Å²) in [6.45, 7) is 0. The van der Waals surface area contributed by atoms with E-state index in [1.807, 2.05) is 0 Å². The van der Waals surface area contributed by atoms with Gasteiger partial charge in [-0.05, 0) is 69.1 Å². The molecule has 0 heterocycles. The van der Waals surface area contributed by atoms with Gasteiger partial charge in [0.1, 0.15) is 0 Å². The molecule has 0 aromatic heterocycles. The fraction of sp³-hybridized carbons (Fsp3) is 0.933. The molecule has 5 rings (SSSR count). The molecule has 3 heteroatoms. The molecule has 18 heavy (non-hydrogen) atoms.